The van der Waals surface area contributed by atoms with Crippen LogP contribution in [-0.4, -0.2) is 12.6 Å². The zero-order chi connectivity index (χ0) is 15.1. The summed E-state index contributed by atoms with van der Waals surface area (Å²) in [5, 5.41) is 3.91. The molecule has 0 amide bonds. The lowest BCUT2D eigenvalue weighted by Crippen LogP contribution is -2.40. The van der Waals surface area contributed by atoms with Crippen LogP contribution in [0.1, 0.15) is 85.0 Å². The van der Waals surface area contributed by atoms with E-state index in [2.05, 4.69) is 32.2 Å². The third-order valence-electron chi connectivity index (χ3n) is 5.82. The van der Waals surface area contributed by atoms with Gasteiger partial charge in [-0.1, -0.05) is 38.8 Å². The van der Waals surface area contributed by atoms with Gasteiger partial charge in [-0.3, -0.25) is 0 Å². The third kappa shape index (κ3) is 5.13. The van der Waals surface area contributed by atoms with Crippen LogP contribution in [0.4, 0.5) is 0 Å². The van der Waals surface area contributed by atoms with Gasteiger partial charge in [0, 0.05) is 6.04 Å². The minimum absolute atomic E-state index is 0.691. The maximum atomic E-state index is 3.91. The van der Waals surface area contributed by atoms with Crippen LogP contribution < -0.4 is 5.32 Å². The molecule has 0 aromatic rings. The lowest BCUT2D eigenvalue weighted by molar-refractivity contribution is 0.198. The summed E-state index contributed by atoms with van der Waals surface area (Å²) in [6.45, 7) is 8.30. The second kappa shape index (κ2) is 8.98. The molecule has 1 unspecified atom stereocenters. The zero-order valence-corrected chi connectivity index (χ0v) is 14.7. The Morgan fingerprint density at radius 1 is 1.05 bits per heavy atom. The van der Waals surface area contributed by atoms with Gasteiger partial charge >= 0.3 is 0 Å². The van der Waals surface area contributed by atoms with Gasteiger partial charge in [-0.05, 0) is 82.1 Å². The first-order chi connectivity index (χ1) is 10.2. The Hall–Kier alpha value is -0.300. The number of hydrogen-bond acceptors (Lipinski definition) is 1. The van der Waals surface area contributed by atoms with Gasteiger partial charge in [-0.2, -0.15) is 0 Å². The van der Waals surface area contributed by atoms with Crippen molar-refractivity contribution >= 4 is 0 Å². The molecule has 122 valence electrons. The van der Waals surface area contributed by atoms with Crippen LogP contribution >= 0.6 is 0 Å². The first-order valence-corrected chi connectivity index (χ1v) is 9.64. The van der Waals surface area contributed by atoms with E-state index in [1.54, 1.807) is 5.57 Å². The highest BCUT2D eigenvalue weighted by Gasteiger charge is 2.30. The largest absolute Gasteiger partial charge is 0.310 e. The van der Waals surface area contributed by atoms with Crippen molar-refractivity contribution < 1.29 is 0 Å². The SMILES string of the molecule is CCCNC(C1=CCCCCC1)C1CCC(C(C)C)CC1. The molecule has 1 atom stereocenters. The van der Waals surface area contributed by atoms with Crippen LogP contribution in [-0.2, 0) is 0 Å². The fourth-order valence-corrected chi connectivity index (χ4v) is 4.37. The minimum Gasteiger partial charge on any atom is -0.310 e. The van der Waals surface area contributed by atoms with Crippen molar-refractivity contribution in [3.8, 4) is 0 Å². The molecule has 1 saturated carbocycles. The molecule has 0 radical (unpaired) electrons. The van der Waals surface area contributed by atoms with E-state index in [9.17, 15) is 0 Å². The van der Waals surface area contributed by atoms with Gasteiger partial charge < -0.3 is 5.32 Å². The van der Waals surface area contributed by atoms with Gasteiger partial charge in [0.25, 0.3) is 0 Å². The number of rotatable bonds is 6. The van der Waals surface area contributed by atoms with Gasteiger partial charge in [0.1, 0.15) is 0 Å². The molecular weight excluding hydrogens is 254 g/mol. The van der Waals surface area contributed by atoms with Crippen molar-refractivity contribution in [2.24, 2.45) is 17.8 Å². The van der Waals surface area contributed by atoms with Crippen molar-refractivity contribution in [2.75, 3.05) is 6.54 Å². The Balaban J connectivity index is 1.97. The summed E-state index contributed by atoms with van der Waals surface area (Å²) in [6.07, 6.45) is 16.6. The Morgan fingerprint density at radius 2 is 1.76 bits per heavy atom. The van der Waals surface area contributed by atoms with E-state index in [0.717, 1.165) is 17.8 Å². The molecule has 1 heteroatoms. The van der Waals surface area contributed by atoms with E-state index in [1.165, 1.54) is 70.8 Å². The van der Waals surface area contributed by atoms with E-state index in [1.807, 2.05) is 0 Å². The average Bonchev–Trinajstić information content (AvgIpc) is 2.77. The Labute approximate surface area is 133 Å². The van der Waals surface area contributed by atoms with Crippen LogP contribution in [0.5, 0.6) is 0 Å². The standard InChI is InChI=1S/C20H37N/c1-4-15-21-20(18-9-7-5-6-8-10-18)19-13-11-17(12-14-19)16(2)3/h9,16-17,19-21H,4-8,10-15H2,1-3H3. The molecule has 2 aliphatic carbocycles. The summed E-state index contributed by atoms with van der Waals surface area (Å²) in [5.41, 5.74) is 1.76. The lowest BCUT2D eigenvalue weighted by Gasteiger charge is -2.37. The third-order valence-corrected chi connectivity index (χ3v) is 5.82. The van der Waals surface area contributed by atoms with Crippen LogP contribution in [0.3, 0.4) is 0 Å². The molecule has 1 N–H and O–H groups in total. The Bertz CT molecular complexity index is 310. The van der Waals surface area contributed by atoms with Gasteiger partial charge in [0.2, 0.25) is 0 Å². The molecule has 0 heterocycles. The van der Waals surface area contributed by atoms with Crippen molar-refractivity contribution in [3.63, 3.8) is 0 Å². The van der Waals surface area contributed by atoms with Gasteiger partial charge in [-0.15, -0.1) is 0 Å². The van der Waals surface area contributed by atoms with Crippen molar-refractivity contribution in [1.82, 2.24) is 5.32 Å². The normalized spacial score (nSPS) is 29.0. The van der Waals surface area contributed by atoms with Gasteiger partial charge in [0.05, 0.1) is 0 Å². The van der Waals surface area contributed by atoms with Gasteiger partial charge in [0.15, 0.2) is 0 Å². The van der Waals surface area contributed by atoms with E-state index in [0.29, 0.717) is 6.04 Å². The maximum Gasteiger partial charge on any atom is 0.0307 e. The van der Waals surface area contributed by atoms with Crippen molar-refractivity contribution in [1.29, 1.82) is 0 Å². The van der Waals surface area contributed by atoms with Crippen molar-refractivity contribution in [2.45, 2.75) is 91.0 Å². The summed E-state index contributed by atoms with van der Waals surface area (Å²) >= 11 is 0. The topological polar surface area (TPSA) is 12.0 Å². The summed E-state index contributed by atoms with van der Waals surface area (Å²) in [7, 11) is 0. The molecule has 0 spiro atoms. The second-order valence-electron chi connectivity index (χ2n) is 7.73. The number of allylic oxidation sites excluding steroid dienone is 1. The van der Waals surface area contributed by atoms with Crippen LogP contribution in [0.2, 0.25) is 0 Å². The molecular formula is C20H37N. The predicted molar refractivity (Wildman–Crippen MR) is 93.5 cm³/mol. The van der Waals surface area contributed by atoms with Crippen molar-refractivity contribution in [3.05, 3.63) is 11.6 Å². The first-order valence-electron chi connectivity index (χ1n) is 9.64. The molecule has 2 aliphatic rings. The molecule has 0 aliphatic heterocycles. The summed E-state index contributed by atoms with van der Waals surface area (Å²) in [4.78, 5) is 0. The lowest BCUT2D eigenvalue weighted by atomic mass is 9.73. The predicted octanol–water partition coefficient (Wildman–Crippen LogP) is 5.71. The minimum atomic E-state index is 0.691. The highest BCUT2D eigenvalue weighted by Crippen LogP contribution is 2.37. The zero-order valence-electron chi connectivity index (χ0n) is 14.7. The molecule has 0 bridgehead atoms. The van der Waals surface area contributed by atoms with E-state index < -0.39 is 0 Å². The smallest absolute Gasteiger partial charge is 0.0307 e. The van der Waals surface area contributed by atoms with Crippen LogP contribution in [0.15, 0.2) is 11.6 Å². The molecule has 2 rings (SSSR count). The Morgan fingerprint density at radius 3 is 2.43 bits per heavy atom. The highest BCUT2D eigenvalue weighted by molar-refractivity contribution is 5.14. The Kier molecular flexibility index (Phi) is 7.29. The van der Waals surface area contributed by atoms with Crippen LogP contribution in [0.25, 0.3) is 0 Å². The maximum absolute atomic E-state index is 3.91. The molecule has 1 nitrogen and oxygen atoms in total. The summed E-state index contributed by atoms with van der Waals surface area (Å²) < 4.78 is 0. The second-order valence-corrected chi connectivity index (χ2v) is 7.73. The molecule has 0 aromatic carbocycles. The van der Waals surface area contributed by atoms with E-state index in [-0.39, 0.29) is 0 Å². The average molecular weight is 292 g/mol. The molecule has 21 heavy (non-hydrogen) atoms. The monoisotopic (exact) mass is 291 g/mol. The summed E-state index contributed by atoms with van der Waals surface area (Å²) in [5.74, 6) is 2.76. The molecule has 1 fully saturated rings. The quantitative estimate of drug-likeness (QED) is 0.618. The molecule has 0 aromatic heterocycles. The number of hydrogen-bond donors (Lipinski definition) is 1. The highest BCUT2D eigenvalue weighted by atomic mass is 14.9. The van der Waals surface area contributed by atoms with Gasteiger partial charge in [-0.25, -0.2) is 0 Å². The first kappa shape index (κ1) is 17.1. The fourth-order valence-electron chi connectivity index (χ4n) is 4.37. The number of nitrogens with one attached hydrogen (secondary N) is 1. The molecule has 0 saturated heterocycles. The van der Waals surface area contributed by atoms with E-state index >= 15 is 0 Å². The summed E-state index contributed by atoms with van der Waals surface area (Å²) in [6, 6.07) is 0.691. The fraction of sp³-hybridized carbons (Fsp3) is 0.900. The van der Waals surface area contributed by atoms with Crippen LogP contribution in [0, 0.1) is 17.8 Å². The van der Waals surface area contributed by atoms with E-state index in [4.69, 9.17) is 0 Å².